The Morgan fingerprint density at radius 2 is 2.04 bits per heavy atom. The van der Waals surface area contributed by atoms with E-state index in [1.807, 2.05) is 12.3 Å². The maximum atomic E-state index is 12.2. The van der Waals surface area contributed by atoms with E-state index in [4.69, 9.17) is 0 Å². The zero-order chi connectivity index (χ0) is 19.1. The van der Waals surface area contributed by atoms with Gasteiger partial charge in [0.25, 0.3) is 0 Å². The van der Waals surface area contributed by atoms with Crippen LogP contribution in [0, 0.1) is 5.92 Å². The predicted octanol–water partition coefficient (Wildman–Crippen LogP) is 3.25. The van der Waals surface area contributed by atoms with Crippen molar-refractivity contribution >= 4 is 5.91 Å². The summed E-state index contributed by atoms with van der Waals surface area (Å²) in [6, 6.07) is 11.2. The van der Waals surface area contributed by atoms with Gasteiger partial charge in [0.05, 0.1) is 0 Å². The first-order valence-electron chi connectivity index (χ1n) is 10.2. The van der Waals surface area contributed by atoms with Crippen LogP contribution in [0.4, 0.5) is 0 Å². The Hall–Kier alpha value is -2.14. The van der Waals surface area contributed by atoms with Crippen LogP contribution in [0.2, 0.25) is 0 Å². The van der Waals surface area contributed by atoms with Gasteiger partial charge in [-0.3, -0.25) is 14.4 Å². The van der Waals surface area contributed by atoms with E-state index in [2.05, 4.69) is 53.4 Å². The molecule has 0 saturated carbocycles. The van der Waals surface area contributed by atoms with Crippen molar-refractivity contribution in [3.05, 3.63) is 53.9 Å². The summed E-state index contributed by atoms with van der Waals surface area (Å²) < 4.78 is 1.80. The fraction of sp³-hybridized carbons (Fsp3) is 0.545. The summed E-state index contributed by atoms with van der Waals surface area (Å²) in [6.45, 7) is 8.14. The molecule has 0 spiro atoms. The van der Waals surface area contributed by atoms with Gasteiger partial charge in [-0.1, -0.05) is 38.1 Å². The highest BCUT2D eigenvalue weighted by molar-refractivity contribution is 5.76. The number of carbonyl (C=O) groups is 1. The fourth-order valence-electron chi connectivity index (χ4n) is 3.78. The Balaban J connectivity index is 1.43. The summed E-state index contributed by atoms with van der Waals surface area (Å²) in [6.07, 6.45) is 7.45. The van der Waals surface area contributed by atoms with Gasteiger partial charge in [0.2, 0.25) is 5.91 Å². The molecule has 5 nitrogen and oxygen atoms in total. The van der Waals surface area contributed by atoms with E-state index >= 15 is 0 Å². The number of nitrogens with zero attached hydrogens (tertiary/aromatic N) is 3. The van der Waals surface area contributed by atoms with Crippen molar-refractivity contribution in [3.8, 4) is 0 Å². The zero-order valence-corrected chi connectivity index (χ0v) is 16.6. The van der Waals surface area contributed by atoms with Crippen LogP contribution in [0.15, 0.2) is 42.7 Å². The molecular weight excluding hydrogens is 336 g/mol. The minimum Gasteiger partial charge on any atom is -0.352 e. The molecule has 1 unspecified atom stereocenters. The van der Waals surface area contributed by atoms with Crippen LogP contribution in [0.1, 0.15) is 44.2 Å². The quantitative estimate of drug-likeness (QED) is 0.778. The van der Waals surface area contributed by atoms with Gasteiger partial charge in [-0.15, -0.1) is 0 Å². The molecule has 2 aromatic rings. The maximum Gasteiger partial charge on any atom is 0.222 e. The number of aryl methyl sites for hydroxylation is 1. The minimum atomic E-state index is 0.121. The molecule has 1 aliphatic rings. The molecule has 146 valence electrons. The second-order valence-electron chi connectivity index (χ2n) is 8.08. The van der Waals surface area contributed by atoms with Crippen LogP contribution in [0.5, 0.6) is 0 Å². The smallest absolute Gasteiger partial charge is 0.222 e. The van der Waals surface area contributed by atoms with Gasteiger partial charge in [-0.25, -0.2) is 0 Å². The minimum absolute atomic E-state index is 0.121. The molecule has 3 rings (SSSR count). The Morgan fingerprint density at radius 1 is 1.26 bits per heavy atom. The number of hydrogen-bond donors (Lipinski definition) is 1. The van der Waals surface area contributed by atoms with E-state index in [0.29, 0.717) is 18.9 Å². The molecule has 1 atom stereocenters. The van der Waals surface area contributed by atoms with E-state index in [0.717, 1.165) is 38.9 Å². The Bertz CT molecular complexity index is 694. The third kappa shape index (κ3) is 6.51. The molecule has 1 aromatic heterocycles. The zero-order valence-electron chi connectivity index (χ0n) is 16.6. The molecule has 0 radical (unpaired) electrons. The summed E-state index contributed by atoms with van der Waals surface area (Å²) in [5.74, 6) is 0.811. The van der Waals surface area contributed by atoms with Gasteiger partial charge < -0.3 is 5.32 Å². The number of likely N-dealkylation sites (tertiary alicyclic amines) is 1. The monoisotopic (exact) mass is 368 g/mol. The van der Waals surface area contributed by atoms with Gasteiger partial charge >= 0.3 is 0 Å². The van der Waals surface area contributed by atoms with Crippen LogP contribution in [-0.2, 0) is 24.3 Å². The van der Waals surface area contributed by atoms with Crippen molar-refractivity contribution in [2.75, 3.05) is 13.1 Å². The van der Waals surface area contributed by atoms with Crippen molar-refractivity contribution in [1.82, 2.24) is 20.0 Å². The predicted molar refractivity (Wildman–Crippen MR) is 108 cm³/mol. The number of amides is 1. The van der Waals surface area contributed by atoms with Gasteiger partial charge in [-0.2, -0.15) is 5.10 Å². The number of carbonyl (C=O) groups excluding carboxylic acids is 1. The summed E-state index contributed by atoms with van der Waals surface area (Å²) in [4.78, 5) is 14.7. The van der Waals surface area contributed by atoms with E-state index in [1.54, 1.807) is 10.9 Å². The maximum absolute atomic E-state index is 12.2. The number of rotatable bonds is 8. The number of hydrogen-bond acceptors (Lipinski definition) is 3. The molecule has 1 aliphatic heterocycles. The van der Waals surface area contributed by atoms with Gasteiger partial charge in [-0.05, 0) is 48.9 Å². The lowest BCUT2D eigenvalue weighted by Gasteiger charge is -2.33. The summed E-state index contributed by atoms with van der Waals surface area (Å²) >= 11 is 0. The summed E-state index contributed by atoms with van der Waals surface area (Å²) in [7, 11) is 0. The average Bonchev–Trinajstić information content (AvgIpc) is 3.15. The van der Waals surface area contributed by atoms with Crippen molar-refractivity contribution < 1.29 is 4.79 Å². The molecule has 0 bridgehead atoms. The average molecular weight is 369 g/mol. The van der Waals surface area contributed by atoms with E-state index < -0.39 is 0 Å². The summed E-state index contributed by atoms with van der Waals surface area (Å²) in [5, 5.41) is 7.35. The standard InChI is InChI=1S/C22H32N4O/c1-18(2)15-19-6-8-20(9-7-19)16-25-12-3-5-21(17-25)24-22(27)10-14-26-13-4-11-23-26/h4,6-9,11,13,18,21H,3,5,10,12,14-17H2,1-2H3,(H,24,27). The molecule has 1 aromatic carbocycles. The molecule has 1 amide bonds. The highest BCUT2D eigenvalue weighted by Crippen LogP contribution is 2.16. The van der Waals surface area contributed by atoms with E-state index in [9.17, 15) is 4.79 Å². The van der Waals surface area contributed by atoms with Crippen LogP contribution in [0.25, 0.3) is 0 Å². The Morgan fingerprint density at radius 3 is 2.74 bits per heavy atom. The third-order valence-corrected chi connectivity index (χ3v) is 5.07. The van der Waals surface area contributed by atoms with Crippen LogP contribution in [0.3, 0.4) is 0 Å². The second-order valence-corrected chi connectivity index (χ2v) is 8.08. The topological polar surface area (TPSA) is 50.2 Å². The van der Waals surface area contributed by atoms with Crippen LogP contribution >= 0.6 is 0 Å². The van der Waals surface area contributed by atoms with Gasteiger partial charge in [0.1, 0.15) is 0 Å². The van der Waals surface area contributed by atoms with E-state index in [1.165, 1.54) is 11.1 Å². The number of piperidine rings is 1. The number of aromatic nitrogens is 2. The SMILES string of the molecule is CC(C)Cc1ccc(CN2CCCC(NC(=O)CCn3cccn3)C2)cc1. The lowest BCUT2D eigenvalue weighted by molar-refractivity contribution is -0.122. The van der Waals surface area contributed by atoms with Crippen molar-refractivity contribution in [2.24, 2.45) is 5.92 Å². The normalized spacial score (nSPS) is 18.0. The summed E-state index contributed by atoms with van der Waals surface area (Å²) in [5.41, 5.74) is 2.77. The van der Waals surface area contributed by atoms with Crippen molar-refractivity contribution in [1.29, 1.82) is 0 Å². The molecule has 1 N–H and O–H groups in total. The molecule has 27 heavy (non-hydrogen) atoms. The number of benzene rings is 1. The molecule has 2 heterocycles. The van der Waals surface area contributed by atoms with Crippen LogP contribution < -0.4 is 5.32 Å². The Labute approximate surface area is 162 Å². The molecule has 1 saturated heterocycles. The highest BCUT2D eigenvalue weighted by Gasteiger charge is 2.21. The fourth-order valence-corrected chi connectivity index (χ4v) is 3.78. The first-order chi connectivity index (χ1) is 13.1. The molecule has 0 aliphatic carbocycles. The lowest BCUT2D eigenvalue weighted by Crippen LogP contribution is -2.47. The lowest BCUT2D eigenvalue weighted by atomic mass is 10.0. The molecule has 1 fully saturated rings. The second kappa shape index (κ2) is 9.70. The van der Waals surface area contributed by atoms with Gasteiger partial charge in [0, 0.05) is 44.5 Å². The van der Waals surface area contributed by atoms with Crippen molar-refractivity contribution in [2.45, 2.75) is 58.7 Å². The van der Waals surface area contributed by atoms with E-state index in [-0.39, 0.29) is 11.9 Å². The highest BCUT2D eigenvalue weighted by atomic mass is 16.1. The largest absolute Gasteiger partial charge is 0.352 e. The molecular formula is C22H32N4O. The van der Waals surface area contributed by atoms with Crippen LogP contribution in [-0.4, -0.2) is 39.7 Å². The van der Waals surface area contributed by atoms with Crippen molar-refractivity contribution in [3.63, 3.8) is 0 Å². The van der Waals surface area contributed by atoms with Gasteiger partial charge in [0.15, 0.2) is 0 Å². The first kappa shape index (κ1) is 19.6. The first-order valence-corrected chi connectivity index (χ1v) is 10.2. The number of nitrogens with one attached hydrogen (secondary N) is 1. The third-order valence-electron chi connectivity index (χ3n) is 5.07. The Kier molecular flexibility index (Phi) is 7.04. The molecule has 5 heteroatoms.